The summed E-state index contributed by atoms with van der Waals surface area (Å²) in [5.74, 6) is 0.431. The van der Waals surface area contributed by atoms with Crippen LogP contribution in [0, 0.1) is 5.92 Å². The monoisotopic (exact) mass is 230 g/mol. The lowest BCUT2D eigenvalue weighted by Gasteiger charge is -2.23. The number of piperidine rings is 1. The summed E-state index contributed by atoms with van der Waals surface area (Å²) in [6.45, 7) is 2.25. The number of aliphatic hydroxyl groups excluding tert-OH is 1. The summed E-state index contributed by atoms with van der Waals surface area (Å²) in [5, 5.41) is 15.1. The molecule has 0 aliphatic carbocycles. The number of hydrogen-bond donors (Lipinski definition) is 3. The highest BCUT2D eigenvalue weighted by molar-refractivity contribution is 5.76. The summed E-state index contributed by atoms with van der Waals surface area (Å²) in [7, 11) is 1.56. The summed E-state index contributed by atoms with van der Waals surface area (Å²) in [5.41, 5.74) is 0. The molecule has 1 aliphatic rings. The van der Waals surface area contributed by atoms with E-state index in [4.69, 9.17) is 9.84 Å². The van der Waals surface area contributed by atoms with Crippen LogP contribution >= 0.6 is 0 Å². The zero-order chi connectivity index (χ0) is 11.8. The molecule has 16 heavy (non-hydrogen) atoms. The Morgan fingerprint density at radius 3 is 3.06 bits per heavy atom. The predicted octanol–water partition coefficient (Wildman–Crippen LogP) is -0.500. The Morgan fingerprint density at radius 2 is 2.50 bits per heavy atom. The molecular formula is C11H22N2O3. The Hall–Kier alpha value is -0.650. The van der Waals surface area contributed by atoms with Crippen molar-refractivity contribution in [2.45, 2.75) is 25.3 Å². The highest BCUT2D eigenvalue weighted by Gasteiger charge is 2.18. The van der Waals surface area contributed by atoms with Crippen molar-refractivity contribution in [1.82, 2.24) is 10.6 Å². The van der Waals surface area contributed by atoms with Gasteiger partial charge in [0.2, 0.25) is 5.91 Å². The average molecular weight is 230 g/mol. The van der Waals surface area contributed by atoms with Crippen LogP contribution in [-0.4, -0.2) is 50.5 Å². The maximum Gasteiger partial charge on any atom is 0.220 e. The standard InChI is InChI=1S/C11H22N2O3/c1-16-8-10(7-14)13-11(15)5-9-3-2-4-12-6-9/h9-10,12,14H,2-8H2,1H3,(H,13,15). The van der Waals surface area contributed by atoms with E-state index in [-0.39, 0.29) is 18.6 Å². The third kappa shape index (κ3) is 4.92. The zero-order valence-electron chi connectivity index (χ0n) is 9.87. The first-order chi connectivity index (χ1) is 7.76. The second-order valence-corrected chi connectivity index (χ2v) is 4.32. The van der Waals surface area contributed by atoms with Gasteiger partial charge in [0.05, 0.1) is 19.3 Å². The molecule has 1 heterocycles. The molecule has 0 aromatic heterocycles. The largest absolute Gasteiger partial charge is 0.394 e. The molecule has 1 rings (SSSR count). The van der Waals surface area contributed by atoms with E-state index in [0.29, 0.717) is 18.9 Å². The summed E-state index contributed by atoms with van der Waals surface area (Å²) in [6.07, 6.45) is 2.78. The quantitative estimate of drug-likeness (QED) is 0.575. The average Bonchev–Trinajstić information content (AvgIpc) is 2.29. The Bertz CT molecular complexity index is 197. The van der Waals surface area contributed by atoms with Gasteiger partial charge >= 0.3 is 0 Å². The number of amides is 1. The molecule has 0 radical (unpaired) electrons. The maximum absolute atomic E-state index is 11.6. The third-order valence-electron chi connectivity index (χ3n) is 2.83. The van der Waals surface area contributed by atoms with Crippen molar-refractivity contribution < 1.29 is 14.6 Å². The van der Waals surface area contributed by atoms with Crippen molar-refractivity contribution in [1.29, 1.82) is 0 Å². The Labute approximate surface area is 96.6 Å². The molecule has 1 aliphatic heterocycles. The van der Waals surface area contributed by atoms with Gasteiger partial charge in [0.25, 0.3) is 0 Å². The maximum atomic E-state index is 11.6. The molecule has 2 unspecified atom stereocenters. The third-order valence-corrected chi connectivity index (χ3v) is 2.83. The first-order valence-electron chi connectivity index (χ1n) is 5.86. The first kappa shape index (κ1) is 13.4. The van der Waals surface area contributed by atoms with E-state index in [0.717, 1.165) is 25.9 Å². The number of carbonyl (C=O) groups is 1. The van der Waals surface area contributed by atoms with E-state index >= 15 is 0 Å². The smallest absolute Gasteiger partial charge is 0.220 e. The lowest BCUT2D eigenvalue weighted by Crippen LogP contribution is -2.42. The first-order valence-corrected chi connectivity index (χ1v) is 5.86. The van der Waals surface area contributed by atoms with Crippen molar-refractivity contribution in [3.63, 3.8) is 0 Å². The van der Waals surface area contributed by atoms with Gasteiger partial charge in [-0.1, -0.05) is 0 Å². The normalized spacial score (nSPS) is 22.8. The van der Waals surface area contributed by atoms with E-state index in [1.54, 1.807) is 7.11 Å². The van der Waals surface area contributed by atoms with Crippen LogP contribution in [0.3, 0.4) is 0 Å². The molecule has 94 valence electrons. The highest BCUT2D eigenvalue weighted by atomic mass is 16.5. The van der Waals surface area contributed by atoms with Crippen LogP contribution < -0.4 is 10.6 Å². The summed E-state index contributed by atoms with van der Waals surface area (Å²) in [6, 6.07) is -0.283. The Balaban J connectivity index is 2.22. The number of methoxy groups -OCH3 is 1. The fourth-order valence-corrected chi connectivity index (χ4v) is 1.99. The van der Waals surface area contributed by atoms with Crippen LogP contribution in [0.4, 0.5) is 0 Å². The van der Waals surface area contributed by atoms with Crippen LogP contribution in [0.15, 0.2) is 0 Å². The number of hydrogen-bond acceptors (Lipinski definition) is 4. The molecule has 0 aromatic rings. The number of carbonyl (C=O) groups excluding carboxylic acids is 1. The number of aliphatic hydroxyl groups is 1. The lowest BCUT2D eigenvalue weighted by molar-refractivity contribution is -0.123. The van der Waals surface area contributed by atoms with Crippen molar-refractivity contribution >= 4 is 5.91 Å². The minimum absolute atomic E-state index is 0.00444. The molecule has 1 saturated heterocycles. The molecular weight excluding hydrogens is 208 g/mol. The Morgan fingerprint density at radius 1 is 1.69 bits per heavy atom. The molecule has 0 saturated carbocycles. The van der Waals surface area contributed by atoms with E-state index < -0.39 is 0 Å². The fraction of sp³-hybridized carbons (Fsp3) is 0.909. The number of rotatable bonds is 6. The van der Waals surface area contributed by atoms with Gasteiger partial charge in [-0.05, 0) is 31.8 Å². The fourth-order valence-electron chi connectivity index (χ4n) is 1.99. The van der Waals surface area contributed by atoms with Gasteiger partial charge < -0.3 is 20.5 Å². The van der Waals surface area contributed by atoms with Gasteiger partial charge in [-0.15, -0.1) is 0 Å². The van der Waals surface area contributed by atoms with Crippen LogP contribution in [0.5, 0.6) is 0 Å². The van der Waals surface area contributed by atoms with Crippen molar-refractivity contribution in [2.75, 3.05) is 33.4 Å². The summed E-state index contributed by atoms with van der Waals surface area (Å²) >= 11 is 0. The summed E-state index contributed by atoms with van der Waals surface area (Å²) < 4.78 is 4.90. The van der Waals surface area contributed by atoms with Crippen molar-refractivity contribution in [3.05, 3.63) is 0 Å². The molecule has 5 nitrogen and oxygen atoms in total. The van der Waals surface area contributed by atoms with Crippen LogP contribution in [-0.2, 0) is 9.53 Å². The van der Waals surface area contributed by atoms with E-state index in [2.05, 4.69) is 10.6 Å². The SMILES string of the molecule is COCC(CO)NC(=O)CC1CCCNC1. The van der Waals surface area contributed by atoms with Crippen LogP contribution in [0.1, 0.15) is 19.3 Å². The Kier molecular flexibility index (Phi) is 6.37. The summed E-state index contributed by atoms with van der Waals surface area (Å²) in [4.78, 5) is 11.6. The number of ether oxygens (including phenoxy) is 1. The minimum Gasteiger partial charge on any atom is -0.394 e. The zero-order valence-corrected chi connectivity index (χ0v) is 9.87. The van der Waals surface area contributed by atoms with Crippen LogP contribution in [0.25, 0.3) is 0 Å². The topological polar surface area (TPSA) is 70.6 Å². The van der Waals surface area contributed by atoms with Gasteiger partial charge in [0.15, 0.2) is 0 Å². The minimum atomic E-state index is -0.283. The predicted molar refractivity (Wildman–Crippen MR) is 61.1 cm³/mol. The van der Waals surface area contributed by atoms with Gasteiger partial charge in [-0.25, -0.2) is 0 Å². The molecule has 0 bridgehead atoms. The van der Waals surface area contributed by atoms with Gasteiger partial charge in [-0.2, -0.15) is 0 Å². The van der Waals surface area contributed by atoms with Crippen molar-refractivity contribution in [2.24, 2.45) is 5.92 Å². The molecule has 2 atom stereocenters. The van der Waals surface area contributed by atoms with Gasteiger partial charge in [-0.3, -0.25) is 4.79 Å². The molecule has 0 aromatic carbocycles. The van der Waals surface area contributed by atoms with Gasteiger partial charge in [0, 0.05) is 13.5 Å². The number of nitrogens with one attached hydrogen (secondary N) is 2. The molecule has 1 amide bonds. The highest BCUT2D eigenvalue weighted by Crippen LogP contribution is 2.13. The van der Waals surface area contributed by atoms with Crippen LogP contribution in [0.2, 0.25) is 0 Å². The van der Waals surface area contributed by atoms with E-state index in [1.165, 1.54) is 0 Å². The molecule has 0 spiro atoms. The molecule has 1 fully saturated rings. The molecule has 5 heteroatoms. The lowest BCUT2D eigenvalue weighted by atomic mass is 9.96. The van der Waals surface area contributed by atoms with E-state index in [1.807, 2.05) is 0 Å². The van der Waals surface area contributed by atoms with Gasteiger partial charge in [0.1, 0.15) is 0 Å². The second-order valence-electron chi connectivity index (χ2n) is 4.32. The molecule has 3 N–H and O–H groups in total. The van der Waals surface area contributed by atoms with Crippen molar-refractivity contribution in [3.8, 4) is 0 Å². The second kappa shape index (κ2) is 7.60. The van der Waals surface area contributed by atoms with E-state index in [9.17, 15) is 4.79 Å².